The molecule has 1 amide bonds. The fraction of sp³-hybridized carbons (Fsp3) is 0.269. The first-order valence-corrected chi connectivity index (χ1v) is 12.5. The summed E-state index contributed by atoms with van der Waals surface area (Å²) in [5, 5.41) is 0. The van der Waals surface area contributed by atoms with Crippen molar-refractivity contribution in [1.29, 1.82) is 0 Å². The van der Waals surface area contributed by atoms with E-state index in [1.165, 1.54) is 12.1 Å². The van der Waals surface area contributed by atoms with Crippen LogP contribution in [0.5, 0.6) is 11.5 Å². The zero-order valence-electron chi connectivity index (χ0n) is 18.7. The van der Waals surface area contributed by atoms with E-state index in [1.54, 1.807) is 12.1 Å². The summed E-state index contributed by atoms with van der Waals surface area (Å²) >= 11 is 0. The Bertz CT molecular complexity index is 1220. The first kappa shape index (κ1) is 23.8. The number of ether oxygens (including phenoxy) is 3. The Hall–Kier alpha value is -3.36. The predicted octanol–water partition coefficient (Wildman–Crippen LogP) is 3.62. The van der Waals surface area contributed by atoms with E-state index in [4.69, 9.17) is 19.9 Å². The molecule has 8 heteroatoms. The van der Waals surface area contributed by atoms with Gasteiger partial charge in [-0.2, -0.15) is 0 Å². The third kappa shape index (κ3) is 4.93. The van der Waals surface area contributed by atoms with E-state index in [9.17, 15) is 13.2 Å². The van der Waals surface area contributed by atoms with Crippen LogP contribution in [0.2, 0.25) is 0 Å². The van der Waals surface area contributed by atoms with Gasteiger partial charge in [-0.05, 0) is 60.4 Å². The molecule has 4 rings (SSSR count). The highest BCUT2D eigenvalue weighted by atomic mass is 32.2. The van der Waals surface area contributed by atoms with Gasteiger partial charge in [0.15, 0.2) is 14.6 Å². The van der Waals surface area contributed by atoms with E-state index in [0.717, 1.165) is 16.9 Å². The highest BCUT2D eigenvalue weighted by Crippen LogP contribution is 2.35. The van der Waals surface area contributed by atoms with Crippen molar-refractivity contribution >= 4 is 15.7 Å². The van der Waals surface area contributed by atoms with Crippen LogP contribution in [0.4, 0.5) is 0 Å². The third-order valence-corrected chi connectivity index (χ3v) is 8.49. The lowest BCUT2D eigenvalue weighted by Gasteiger charge is -2.33. The summed E-state index contributed by atoms with van der Waals surface area (Å²) in [4.78, 5) is 12.1. The number of sulfone groups is 1. The molecule has 1 heterocycles. The summed E-state index contributed by atoms with van der Waals surface area (Å²) in [7, 11) is -3.96. The lowest BCUT2D eigenvalue weighted by atomic mass is 9.98. The second-order valence-corrected chi connectivity index (χ2v) is 10.3. The van der Waals surface area contributed by atoms with E-state index >= 15 is 0 Å². The normalized spacial score (nSPS) is 15.4. The van der Waals surface area contributed by atoms with Crippen molar-refractivity contribution < 1.29 is 27.4 Å². The van der Waals surface area contributed by atoms with Crippen LogP contribution in [0, 0.1) is 0 Å². The number of carbonyl (C=O) groups is 1. The van der Waals surface area contributed by atoms with Crippen molar-refractivity contribution in [1.82, 2.24) is 0 Å². The Balaban J connectivity index is 1.35. The van der Waals surface area contributed by atoms with Gasteiger partial charge < -0.3 is 19.9 Å². The van der Waals surface area contributed by atoms with Gasteiger partial charge in [-0.25, -0.2) is 8.42 Å². The lowest BCUT2D eigenvalue weighted by Crippen LogP contribution is -2.53. The highest BCUT2D eigenvalue weighted by Gasteiger charge is 2.51. The maximum absolute atomic E-state index is 13.2. The SMILES string of the molecule is NC(=O)C1(S(=O)(=O)c2ccc(OCCOc3cccc(-c4ccccc4)c3)cc2)CCOCC1. The van der Waals surface area contributed by atoms with E-state index in [-0.39, 0.29) is 37.6 Å². The molecule has 0 saturated carbocycles. The highest BCUT2D eigenvalue weighted by molar-refractivity contribution is 7.93. The first-order valence-electron chi connectivity index (χ1n) is 11.1. The smallest absolute Gasteiger partial charge is 0.239 e. The van der Waals surface area contributed by atoms with Gasteiger partial charge in [0.2, 0.25) is 5.91 Å². The van der Waals surface area contributed by atoms with Crippen LogP contribution in [-0.2, 0) is 19.4 Å². The molecule has 0 unspecified atom stereocenters. The minimum absolute atomic E-state index is 0.0366. The largest absolute Gasteiger partial charge is 0.490 e. The Morgan fingerprint density at radius 1 is 0.824 bits per heavy atom. The van der Waals surface area contributed by atoms with Crippen LogP contribution < -0.4 is 15.2 Å². The fourth-order valence-electron chi connectivity index (χ4n) is 4.00. The molecule has 7 nitrogen and oxygen atoms in total. The van der Waals surface area contributed by atoms with Gasteiger partial charge in [-0.1, -0.05) is 42.5 Å². The fourth-order valence-corrected chi connectivity index (χ4v) is 5.92. The zero-order valence-corrected chi connectivity index (χ0v) is 19.5. The van der Waals surface area contributed by atoms with Crippen molar-refractivity contribution in [3.63, 3.8) is 0 Å². The average molecular weight is 482 g/mol. The minimum Gasteiger partial charge on any atom is -0.490 e. The first-order chi connectivity index (χ1) is 16.4. The zero-order chi connectivity index (χ0) is 24.0. The third-order valence-electron chi connectivity index (χ3n) is 5.96. The monoisotopic (exact) mass is 481 g/mol. The molecule has 178 valence electrons. The number of carbonyl (C=O) groups excluding carboxylic acids is 1. The maximum Gasteiger partial charge on any atom is 0.239 e. The number of hydrogen-bond donors (Lipinski definition) is 1. The summed E-state index contributed by atoms with van der Waals surface area (Å²) in [5.74, 6) is 0.393. The molecule has 2 N–H and O–H groups in total. The predicted molar refractivity (Wildman–Crippen MR) is 128 cm³/mol. The van der Waals surface area contributed by atoms with Crippen LogP contribution in [0.3, 0.4) is 0 Å². The number of rotatable bonds is 9. The second kappa shape index (κ2) is 10.3. The summed E-state index contributed by atoms with van der Waals surface area (Å²) < 4.78 is 41.5. The molecule has 34 heavy (non-hydrogen) atoms. The van der Waals surface area contributed by atoms with Crippen molar-refractivity contribution in [3.8, 4) is 22.6 Å². The maximum atomic E-state index is 13.2. The Morgan fingerprint density at radius 2 is 1.44 bits per heavy atom. The van der Waals surface area contributed by atoms with Gasteiger partial charge in [0.25, 0.3) is 0 Å². The molecule has 1 saturated heterocycles. The molecule has 1 aliphatic rings. The van der Waals surface area contributed by atoms with Crippen LogP contribution in [-0.4, -0.2) is 45.5 Å². The summed E-state index contributed by atoms with van der Waals surface area (Å²) in [5.41, 5.74) is 7.69. The van der Waals surface area contributed by atoms with E-state index in [1.807, 2.05) is 54.6 Å². The molecule has 0 atom stereocenters. The molecule has 3 aromatic rings. The van der Waals surface area contributed by atoms with Gasteiger partial charge in [-0.3, -0.25) is 4.79 Å². The van der Waals surface area contributed by atoms with E-state index < -0.39 is 20.5 Å². The van der Waals surface area contributed by atoms with Crippen LogP contribution in [0.1, 0.15) is 12.8 Å². The Morgan fingerprint density at radius 3 is 2.09 bits per heavy atom. The molecule has 1 fully saturated rings. The number of benzene rings is 3. The number of nitrogens with two attached hydrogens (primary N) is 1. The molecule has 3 aromatic carbocycles. The van der Waals surface area contributed by atoms with Gasteiger partial charge in [-0.15, -0.1) is 0 Å². The standard InChI is InChI=1S/C26H27NO6S/c27-25(28)26(13-15-31-16-14-26)34(29,30)24-11-9-22(10-12-24)32-17-18-33-23-8-4-7-21(19-23)20-5-2-1-3-6-20/h1-12,19H,13-18H2,(H2,27,28). The Kier molecular flexibility index (Phi) is 7.19. The van der Waals surface area contributed by atoms with Gasteiger partial charge in [0, 0.05) is 13.2 Å². The van der Waals surface area contributed by atoms with Gasteiger partial charge in [0.05, 0.1) is 4.90 Å². The van der Waals surface area contributed by atoms with Crippen LogP contribution >= 0.6 is 0 Å². The number of amides is 1. The average Bonchev–Trinajstić information content (AvgIpc) is 2.88. The summed E-state index contributed by atoms with van der Waals surface area (Å²) in [6.45, 7) is 0.961. The lowest BCUT2D eigenvalue weighted by molar-refractivity contribution is -0.122. The van der Waals surface area contributed by atoms with Gasteiger partial charge >= 0.3 is 0 Å². The number of hydrogen-bond acceptors (Lipinski definition) is 6. The minimum atomic E-state index is -3.96. The summed E-state index contributed by atoms with van der Waals surface area (Å²) in [6, 6.07) is 23.9. The molecule has 0 spiro atoms. The molecule has 0 radical (unpaired) electrons. The molecule has 1 aliphatic heterocycles. The van der Waals surface area contributed by atoms with Crippen LogP contribution in [0.15, 0.2) is 83.8 Å². The van der Waals surface area contributed by atoms with Crippen LogP contribution in [0.25, 0.3) is 11.1 Å². The number of primary amides is 1. The van der Waals surface area contributed by atoms with Crippen molar-refractivity contribution in [2.24, 2.45) is 5.73 Å². The molecule has 0 aromatic heterocycles. The quantitative estimate of drug-likeness (QED) is 0.468. The second-order valence-electron chi connectivity index (χ2n) is 8.04. The topological polar surface area (TPSA) is 105 Å². The van der Waals surface area contributed by atoms with E-state index in [2.05, 4.69) is 0 Å². The van der Waals surface area contributed by atoms with Crippen molar-refractivity contribution in [2.75, 3.05) is 26.4 Å². The molecular formula is C26H27NO6S. The Labute approximate surface area is 199 Å². The van der Waals surface area contributed by atoms with E-state index in [0.29, 0.717) is 12.4 Å². The summed E-state index contributed by atoms with van der Waals surface area (Å²) in [6.07, 6.45) is 0.0947. The molecular weight excluding hydrogens is 454 g/mol. The molecule has 0 aliphatic carbocycles. The van der Waals surface area contributed by atoms with Crippen molar-refractivity contribution in [3.05, 3.63) is 78.9 Å². The van der Waals surface area contributed by atoms with Crippen molar-refractivity contribution in [2.45, 2.75) is 22.5 Å². The molecule has 0 bridgehead atoms. The van der Waals surface area contributed by atoms with Gasteiger partial charge in [0.1, 0.15) is 24.7 Å².